The van der Waals surface area contributed by atoms with Gasteiger partial charge in [-0.05, 0) is 35.6 Å². The molecule has 1 aromatic carbocycles. The van der Waals surface area contributed by atoms with Gasteiger partial charge in [-0.25, -0.2) is 4.39 Å². The van der Waals surface area contributed by atoms with Crippen molar-refractivity contribution in [2.24, 2.45) is 0 Å². The third-order valence-electron chi connectivity index (χ3n) is 2.15. The van der Waals surface area contributed by atoms with Gasteiger partial charge in [0.05, 0.1) is 0 Å². The molecule has 14 heavy (non-hydrogen) atoms. The first-order chi connectivity index (χ1) is 6.74. The number of hydrogen-bond acceptors (Lipinski definition) is 2. The van der Waals surface area contributed by atoms with Crippen LogP contribution in [0.5, 0.6) is 0 Å². The van der Waals surface area contributed by atoms with Crippen LogP contribution >= 0.6 is 11.3 Å². The maximum Gasteiger partial charge on any atom is 0.124 e. The second kappa shape index (κ2) is 3.39. The molecule has 0 N–H and O–H groups in total. The highest BCUT2D eigenvalue weighted by molar-refractivity contribution is 7.19. The first-order valence-corrected chi connectivity index (χ1v) is 5.18. The van der Waals surface area contributed by atoms with Crippen molar-refractivity contribution in [3.63, 3.8) is 0 Å². The number of halogens is 1. The fraction of sp³-hybridized carbons (Fsp3) is 0.182. The van der Waals surface area contributed by atoms with E-state index in [9.17, 15) is 4.39 Å². The Kier molecular flexibility index (Phi) is 2.22. The number of aryl methyl sites for hydroxylation is 1. The van der Waals surface area contributed by atoms with Crippen molar-refractivity contribution in [2.45, 2.75) is 13.3 Å². The highest BCUT2D eigenvalue weighted by Crippen LogP contribution is 2.29. The Morgan fingerprint density at radius 3 is 2.86 bits per heavy atom. The standard InChI is InChI=1S/C11H8FNS/c1-2-7-3-9(12)4-8-5-10(6-13)14-11(7)8/h3-5H,2H2,1H3. The van der Waals surface area contributed by atoms with Gasteiger partial charge < -0.3 is 0 Å². The average Bonchev–Trinajstić information content (AvgIpc) is 2.59. The minimum atomic E-state index is -0.225. The minimum Gasteiger partial charge on any atom is -0.207 e. The number of rotatable bonds is 1. The van der Waals surface area contributed by atoms with Crippen molar-refractivity contribution in [3.05, 3.63) is 34.5 Å². The Morgan fingerprint density at radius 1 is 1.43 bits per heavy atom. The molecule has 0 bridgehead atoms. The van der Waals surface area contributed by atoms with Crippen LogP contribution < -0.4 is 0 Å². The van der Waals surface area contributed by atoms with Crippen LogP contribution in [0.15, 0.2) is 18.2 Å². The van der Waals surface area contributed by atoms with Crippen LogP contribution in [0, 0.1) is 17.1 Å². The van der Waals surface area contributed by atoms with Gasteiger partial charge in [-0.3, -0.25) is 0 Å². The largest absolute Gasteiger partial charge is 0.207 e. The number of benzene rings is 1. The predicted octanol–water partition coefficient (Wildman–Crippen LogP) is 3.47. The lowest BCUT2D eigenvalue weighted by Crippen LogP contribution is -1.82. The molecule has 0 spiro atoms. The highest BCUT2D eigenvalue weighted by Gasteiger charge is 2.07. The smallest absolute Gasteiger partial charge is 0.124 e. The van der Waals surface area contributed by atoms with Gasteiger partial charge in [0.1, 0.15) is 16.8 Å². The molecule has 3 heteroatoms. The summed E-state index contributed by atoms with van der Waals surface area (Å²) in [6.45, 7) is 1.99. The Labute approximate surface area is 85.4 Å². The summed E-state index contributed by atoms with van der Waals surface area (Å²) in [5, 5.41) is 9.57. The number of nitriles is 1. The van der Waals surface area contributed by atoms with Crippen molar-refractivity contribution in [1.29, 1.82) is 5.26 Å². The summed E-state index contributed by atoms with van der Waals surface area (Å²) in [6.07, 6.45) is 0.791. The van der Waals surface area contributed by atoms with Gasteiger partial charge >= 0.3 is 0 Å². The molecule has 70 valence electrons. The Hall–Kier alpha value is -1.40. The first kappa shape index (κ1) is 9.17. The summed E-state index contributed by atoms with van der Waals surface area (Å²) >= 11 is 1.43. The molecule has 0 amide bonds. The number of hydrogen-bond donors (Lipinski definition) is 0. The SMILES string of the molecule is CCc1cc(F)cc2cc(C#N)sc12. The summed E-state index contributed by atoms with van der Waals surface area (Å²) in [4.78, 5) is 0.639. The lowest BCUT2D eigenvalue weighted by molar-refractivity contribution is 0.628. The maximum absolute atomic E-state index is 13.1. The van der Waals surface area contributed by atoms with Crippen LogP contribution in [0.1, 0.15) is 17.4 Å². The van der Waals surface area contributed by atoms with E-state index in [4.69, 9.17) is 5.26 Å². The molecule has 0 aliphatic heterocycles. The number of nitrogens with zero attached hydrogens (tertiary/aromatic N) is 1. The third-order valence-corrected chi connectivity index (χ3v) is 3.28. The summed E-state index contributed by atoms with van der Waals surface area (Å²) < 4.78 is 14.2. The topological polar surface area (TPSA) is 23.8 Å². The summed E-state index contributed by atoms with van der Waals surface area (Å²) in [6, 6.07) is 6.84. The number of fused-ring (bicyclic) bond motifs is 1. The molecular weight excluding hydrogens is 197 g/mol. The molecule has 2 rings (SSSR count). The molecule has 0 saturated heterocycles. The normalized spacial score (nSPS) is 10.4. The zero-order valence-corrected chi connectivity index (χ0v) is 8.49. The Balaban J connectivity index is 2.79. The Morgan fingerprint density at radius 2 is 2.21 bits per heavy atom. The van der Waals surface area contributed by atoms with Crippen molar-refractivity contribution >= 4 is 21.4 Å². The lowest BCUT2D eigenvalue weighted by Gasteiger charge is -1.98. The van der Waals surface area contributed by atoms with Crippen LogP contribution in [0.3, 0.4) is 0 Å². The van der Waals surface area contributed by atoms with Gasteiger partial charge in [-0.1, -0.05) is 6.92 Å². The van der Waals surface area contributed by atoms with E-state index in [-0.39, 0.29) is 5.82 Å². The van der Waals surface area contributed by atoms with E-state index >= 15 is 0 Å². The first-order valence-electron chi connectivity index (χ1n) is 4.36. The molecule has 0 aliphatic carbocycles. The molecule has 1 heterocycles. The van der Waals surface area contributed by atoms with Crippen molar-refractivity contribution in [3.8, 4) is 6.07 Å². The van der Waals surface area contributed by atoms with E-state index in [1.165, 1.54) is 17.4 Å². The average molecular weight is 205 g/mol. The third kappa shape index (κ3) is 1.38. The Bertz CT molecular complexity index is 522. The van der Waals surface area contributed by atoms with Crippen LogP contribution in [0.2, 0.25) is 0 Å². The van der Waals surface area contributed by atoms with Gasteiger partial charge in [0, 0.05) is 4.70 Å². The molecule has 1 aromatic heterocycles. The van der Waals surface area contributed by atoms with Crippen molar-refractivity contribution < 1.29 is 4.39 Å². The van der Waals surface area contributed by atoms with Gasteiger partial charge in [-0.2, -0.15) is 5.26 Å². The molecule has 1 nitrogen and oxygen atoms in total. The second-order valence-electron chi connectivity index (χ2n) is 3.06. The second-order valence-corrected chi connectivity index (χ2v) is 4.11. The molecule has 0 fully saturated rings. The summed E-state index contributed by atoms with van der Waals surface area (Å²) in [7, 11) is 0. The van der Waals surface area contributed by atoms with Gasteiger partial charge in [0.25, 0.3) is 0 Å². The maximum atomic E-state index is 13.1. The molecule has 2 aromatic rings. The van der Waals surface area contributed by atoms with Crippen LogP contribution in [0.4, 0.5) is 4.39 Å². The fourth-order valence-corrected chi connectivity index (χ4v) is 2.52. The zero-order valence-electron chi connectivity index (χ0n) is 7.67. The van der Waals surface area contributed by atoms with Crippen molar-refractivity contribution in [2.75, 3.05) is 0 Å². The fourth-order valence-electron chi connectivity index (χ4n) is 1.50. The molecule has 0 radical (unpaired) electrons. The van der Waals surface area contributed by atoms with Crippen LogP contribution in [-0.4, -0.2) is 0 Å². The van der Waals surface area contributed by atoms with E-state index in [0.717, 1.165) is 22.1 Å². The molecule has 0 atom stereocenters. The summed E-state index contributed by atoms with van der Waals surface area (Å²) in [5.74, 6) is -0.225. The monoisotopic (exact) mass is 205 g/mol. The van der Waals surface area contributed by atoms with Crippen molar-refractivity contribution in [1.82, 2.24) is 0 Å². The van der Waals surface area contributed by atoms with Crippen LogP contribution in [-0.2, 0) is 6.42 Å². The zero-order chi connectivity index (χ0) is 10.1. The van der Waals surface area contributed by atoms with Crippen LogP contribution in [0.25, 0.3) is 10.1 Å². The van der Waals surface area contributed by atoms with Gasteiger partial charge in [0.15, 0.2) is 0 Å². The summed E-state index contributed by atoms with van der Waals surface area (Å²) in [5.41, 5.74) is 0.978. The van der Waals surface area contributed by atoms with Gasteiger partial charge in [-0.15, -0.1) is 11.3 Å². The predicted molar refractivity (Wildman–Crippen MR) is 55.9 cm³/mol. The van der Waals surface area contributed by atoms with E-state index in [1.807, 2.05) is 6.92 Å². The van der Waals surface area contributed by atoms with E-state index < -0.39 is 0 Å². The molecule has 0 aliphatic rings. The van der Waals surface area contributed by atoms with Gasteiger partial charge in [0.2, 0.25) is 0 Å². The minimum absolute atomic E-state index is 0.225. The lowest BCUT2D eigenvalue weighted by atomic mass is 10.1. The van der Waals surface area contributed by atoms with E-state index in [0.29, 0.717) is 4.88 Å². The van der Waals surface area contributed by atoms with E-state index in [1.54, 1.807) is 12.1 Å². The highest BCUT2D eigenvalue weighted by atomic mass is 32.1. The molecular formula is C11H8FNS. The quantitative estimate of drug-likeness (QED) is 0.699. The molecule has 0 unspecified atom stereocenters. The van der Waals surface area contributed by atoms with E-state index in [2.05, 4.69) is 6.07 Å². The molecule has 0 saturated carbocycles. The number of thiophene rings is 1.